The minimum Gasteiger partial charge on any atom is -0.390 e. The number of nitriles is 1. The fourth-order valence-electron chi connectivity index (χ4n) is 2.21. The van der Waals surface area contributed by atoms with E-state index in [1.54, 1.807) is 0 Å². The van der Waals surface area contributed by atoms with Gasteiger partial charge in [0, 0.05) is 19.5 Å². The van der Waals surface area contributed by atoms with Gasteiger partial charge < -0.3 is 5.11 Å². The Balaban J connectivity index is 2.73. The van der Waals surface area contributed by atoms with Gasteiger partial charge in [-0.25, -0.2) is 8.42 Å². The zero-order chi connectivity index (χ0) is 13.1. The van der Waals surface area contributed by atoms with E-state index in [2.05, 4.69) is 6.07 Å². The molecule has 0 radical (unpaired) electrons. The Bertz CT molecular complexity index is 386. The van der Waals surface area contributed by atoms with Crippen LogP contribution in [-0.4, -0.2) is 55.2 Å². The summed E-state index contributed by atoms with van der Waals surface area (Å²) in [5, 5.41) is 18.4. The first kappa shape index (κ1) is 14.4. The minimum atomic E-state index is -3.13. The molecular weight excluding hydrogens is 240 g/mol. The first-order valence-electron chi connectivity index (χ1n) is 5.85. The molecule has 5 nitrogen and oxygen atoms in total. The van der Waals surface area contributed by atoms with Gasteiger partial charge in [0.15, 0.2) is 9.84 Å². The van der Waals surface area contributed by atoms with E-state index in [0.29, 0.717) is 25.4 Å². The van der Waals surface area contributed by atoms with Crippen molar-refractivity contribution in [3.05, 3.63) is 0 Å². The van der Waals surface area contributed by atoms with Crippen molar-refractivity contribution in [1.29, 1.82) is 5.26 Å². The van der Waals surface area contributed by atoms with Crippen LogP contribution in [0.3, 0.4) is 0 Å². The lowest BCUT2D eigenvalue weighted by molar-refractivity contribution is 0.0768. The summed E-state index contributed by atoms with van der Waals surface area (Å²) in [4.78, 5) is 1.93. The summed E-state index contributed by atoms with van der Waals surface area (Å²) >= 11 is 0. The first-order valence-corrected chi connectivity index (χ1v) is 7.67. The molecule has 98 valence electrons. The number of rotatable bonds is 5. The highest BCUT2D eigenvalue weighted by molar-refractivity contribution is 7.91. The molecule has 0 aliphatic carbocycles. The van der Waals surface area contributed by atoms with Gasteiger partial charge in [-0.3, -0.25) is 4.90 Å². The average Bonchev–Trinajstić information content (AvgIpc) is 2.46. The van der Waals surface area contributed by atoms with Crippen LogP contribution < -0.4 is 0 Å². The van der Waals surface area contributed by atoms with Crippen molar-refractivity contribution in [3.8, 4) is 6.07 Å². The maximum Gasteiger partial charge on any atom is 0.154 e. The number of nitrogens with zero attached hydrogens (tertiary/aromatic N) is 2. The zero-order valence-electron chi connectivity index (χ0n) is 10.3. The molecule has 1 aliphatic heterocycles. The molecule has 0 aromatic rings. The Morgan fingerprint density at radius 1 is 1.47 bits per heavy atom. The van der Waals surface area contributed by atoms with Gasteiger partial charge in [-0.1, -0.05) is 13.8 Å². The van der Waals surface area contributed by atoms with Gasteiger partial charge in [0.1, 0.15) is 0 Å². The van der Waals surface area contributed by atoms with Crippen LogP contribution in [0.15, 0.2) is 0 Å². The van der Waals surface area contributed by atoms with Gasteiger partial charge >= 0.3 is 0 Å². The highest BCUT2D eigenvalue weighted by atomic mass is 32.2. The first-order chi connectivity index (χ1) is 7.85. The minimum absolute atomic E-state index is 0.00627. The van der Waals surface area contributed by atoms with E-state index in [0.717, 1.165) is 0 Å². The summed E-state index contributed by atoms with van der Waals surface area (Å²) in [5.41, 5.74) is 0. The molecule has 1 fully saturated rings. The molecule has 0 spiro atoms. The number of hydrogen-bond donors (Lipinski definition) is 1. The predicted molar refractivity (Wildman–Crippen MR) is 65.1 cm³/mol. The van der Waals surface area contributed by atoms with Gasteiger partial charge in [-0.05, 0) is 5.92 Å². The van der Waals surface area contributed by atoms with Crippen LogP contribution in [0, 0.1) is 17.2 Å². The molecule has 0 bridgehead atoms. The van der Waals surface area contributed by atoms with Crippen molar-refractivity contribution >= 4 is 9.84 Å². The molecule has 1 rings (SSSR count). The number of aliphatic hydroxyl groups excluding tert-OH is 1. The maximum absolute atomic E-state index is 11.5. The molecule has 0 aromatic carbocycles. The van der Waals surface area contributed by atoms with Gasteiger partial charge in [0.2, 0.25) is 0 Å². The summed E-state index contributed by atoms with van der Waals surface area (Å²) in [6.45, 7) is 5.30. The van der Waals surface area contributed by atoms with Crippen molar-refractivity contribution in [2.45, 2.75) is 32.4 Å². The molecule has 1 heterocycles. The Labute approximate surface area is 103 Å². The lowest BCUT2D eigenvalue weighted by atomic mass is 10.1. The lowest BCUT2D eigenvalue weighted by Gasteiger charge is -2.30. The van der Waals surface area contributed by atoms with Crippen LogP contribution in [0.2, 0.25) is 0 Å². The van der Waals surface area contributed by atoms with E-state index in [4.69, 9.17) is 5.26 Å². The Morgan fingerprint density at radius 3 is 2.53 bits per heavy atom. The van der Waals surface area contributed by atoms with Gasteiger partial charge in [-0.15, -0.1) is 0 Å². The van der Waals surface area contributed by atoms with Crippen LogP contribution >= 0.6 is 0 Å². The third-order valence-electron chi connectivity index (χ3n) is 2.87. The molecule has 1 N–H and O–H groups in total. The smallest absolute Gasteiger partial charge is 0.154 e. The SMILES string of the molecule is CC(C)CN(CCC#N)C1CS(=O)(=O)CC1O. The summed E-state index contributed by atoms with van der Waals surface area (Å²) in [6.07, 6.45) is -0.465. The van der Waals surface area contributed by atoms with Crippen LogP contribution in [0.4, 0.5) is 0 Å². The molecule has 2 atom stereocenters. The van der Waals surface area contributed by atoms with Crippen LogP contribution in [0.1, 0.15) is 20.3 Å². The molecule has 0 aromatic heterocycles. The van der Waals surface area contributed by atoms with Crippen LogP contribution in [0.25, 0.3) is 0 Å². The van der Waals surface area contributed by atoms with Crippen LogP contribution in [-0.2, 0) is 9.84 Å². The van der Waals surface area contributed by atoms with Crippen molar-refractivity contribution in [2.75, 3.05) is 24.6 Å². The van der Waals surface area contributed by atoms with E-state index in [1.807, 2.05) is 18.7 Å². The number of aliphatic hydroxyl groups is 1. The van der Waals surface area contributed by atoms with E-state index in [9.17, 15) is 13.5 Å². The van der Waals surface area contributed by atoms with Crippen molar-refractivity contribution in [3.63, 3.8) is 0 Å². The summed E-state index contributed by atoms with van der Waals surface area (Å²) in [6, 6.07) is 1.71. The number of hydrogen-bond acceptors (Lipinski definition) is 5. The maximum atomic E-state index is 11.5. The molecule has 0 saturated carbocycles. The fraction of sp³-hybridized carbons (Fsp3) is 0.909. The lowest BCUT2D eigenvalue weighted by Crippen LogP contribution is -2.45. The second-order valence-electron chi connectivity index (χ2n) is 5.01. The van der Waals surface area contributed by atoms with E-state index in [-0.39, 0.29) is 17.5 Å². The Kier molecular flexibility index (Phi) is 4.92. The highest BCUT2D eigenvalue weighted by Gasteiger charge is 2.39. The van der Waals surface area contributed by atoms with Crippen molar-refractivity contribution in [2.24, 2.45) is 5.92 Å². The molecule has 1 aliphatic rings. The third-order valence-corrected chi connectivity index (χ3v) is 4.57. The quantitative estimate of drug-likeness (QED) is 0.753. The van der Waals surface area contributed by atoms with Crippen molar-refractivity contribution in [1.82, 2.24) is 4.90 Å². The fourth-order valence-corrected chi connectivity index (χ4v) is 4.05. The molecule has 0 amide bonds. The molecule has 17 heavy (non-hydrogen) atoms. The second kappa shape index (κ2) is 5.80. The number of sulfone groups is 1. The van der Waals surface area contributed by atoms with Crippen molar-refractivity contribution < 1.29 is 13.5 Å². The Hall–Kier alpha value is -0.640. The molecular formula is C11H20N2O3S. The largest absolute Gasteiger partial charge is 0.390 e. The topological polar surface area (TPSA) is 81.4 Å². The molecule has 1 saturated heterocycles. The molecule has 6 heteroatoms. The average molecular weight is 260 g/mol. The monoisotopic (exact) mass is 260 g/mol. The summed E-state index contributed by atoms with van der Waals surface area (Å²) < 4.78 is 22.9. The van der Waals surface area contributed by atoms with Crippen LogP contribution in [0.5, 0.6) is 0 Å². The zero-order valence-corrected chi connectivity index (χ0v) is 11.2. The van der Waals surface area contributed by atoms with Gasteiger partial charge in [0.25, 0.3) is 0 Å². The molecule has 2 unspecified atom stereocenters. The second-order valence-corrected chi connectivity index (χ2v) is 7.16. The van der Waals surface area contributed by atoms with E-state index >= 15 is 0 Å². The van der Waals surface area contributed by atoms with E-state index < -0.39 is 15.9 Å². The predicted octanol–water partition coefficient (Wildman–Crippen LogP) is 0.0160. The van der Waals surface area contributed by atoms with Gasteiger partial charge in [0.05, 0.1) is 29.7 Å². The normalized spacial score (nSPS) is 27.5. The third kappa shape index (κ3) is 4.26. The standard InChI is InChI=1S/C11H20N2O3S/c1-9(2)6-13(5-3-4-12)10-7-17(15,16)8-11(10)14/h9-11,14H,3,5-8H2,1-2H3. The Morgan fingerprint density at radius 2 is 2.12 bits per heavy atom. The van der Waals surface area contributed by atoms with Gasteiger partial charge in [-0.2, -0.15) is 5.26 Å². The highest BCUT2D eigenvalue weighted by Crippen LogP contribution is 2.19. The van der Waals surface area contributed by atoms with E-state index in [1.165, 1.54) is 0 Å². The summed E-state index contributed by atoms with van der Waals surface area (Å²) in [7, 11) is -3.13. The summed E-state index contributed by atoms with van der Waals surface area (Å²) in [5.74, 6) is 0.231.